The van der Waals surface area contributed by atoms with Crippen molar-refractivity contribution < 1.29 is 19.1 Å². The fraction of sp³-hybridized carbons (Fsp3) is 0.600. The first-order chi connectivity index (χ1) is 13.4. The van der Waals surface area contributed by atoms with E-state index in [0.29, 0.717) is 33.7 Å². The smallest absolute Gasteiger partial charge is 0.348 e. The fourth-order valence-electron chi connectivity index (χ4n) is 3.43. The van der Waals surface area contributed by atoms with Gasteiger partial charge in [-0.1, -0.05) is 13.3 Å². The molecule has 3 rings (SSSR count). The van der Waals surface area contributed by atoms with Crippen LogP contribution in [-0.2, 0) is 14.3 Å². The molecule has 28 heavy (non-hydrogen) atoms. The quantitative estimate of drug-likeness (QED) is 0.679. The molecule has 152 valence electrons. The fourth-order valence-corrected chi connectivity index (χ4v) is 4.45. The van der Waals surface area contributed by atoms with Crippen LogP contribution >= 0.6 is 11.3 Å². The normalized spacial score (nSPS) is 16.1. The zero-order valence-corrected chi connectivity index (χ0v) is 17.3. The van der Waals surface area contributed by atoms with Crippen LogP contribution in [0, 0.1) is 6.92 Å². The van der Waals surface area contributed by atoms with E-state index in [4.69, 9.17) is 9.47 Å². The zero-order valence-electron chi connectivity index (χ0n) is 16.5. The molecule has 0 spiro atoms. The largest absolute Gasteiger partial charge is 0.464 e. The van der Waals surface area contributed by atoms with Gasteiger partial charge >= 0.3 is 11.9 Å². The van der Waals surface area contributed by atoms with Crippen molar-refractivity contribution >= 4 is 33.5 Å². The number of aryl methyl sites for hydroxylation is 1. The van der Waals surface area contributed by atoms with Gasteiger partial charge in [0.25, 0.3) is 5.56 Å². The van der Waals surface area contributed by atoms with Gasteiger partial charge in [0, 0.05) is 0 Å². The Hall–Kier alpha value is -2.22. The molecule has 2 aromatic heterocycles. The van der Waals surface area contributed by atoms with Crippen LogP contribution < -0.4 is 5.56 Å². The van der Waals surface area contributed by atoms with Crippen molar-refractivity contribution in [2.45, 2.75) is 71.4 Å². The number of esters is 2. The first-order valence-corrected chi connectivity index (χ1v) is 10.6. The number of carbonyl (C=O) groups excluding carboxylic acids is 2. The van der Waals surface area contributed by atoms with Crippen molar-refractivity contribution in [3.05, 3.63) is 27.1 Å². The Morgan fingerprint density at radius 1 is 1.32 bits per heavy atom. The van der Waals surface area contributed by atoms with Gasteiger partial charge in [0.15, 0.2) is 0 Å². The van der Waals surface area contributed by atoms with Gasteiger partial charge in [-0.05, 0) is 51.5 Å². The number of rotatable bonds is 6. The molecule has 0 aromatic carbocycles. The molecule has 0 radical (unpaired) electrons. The van der Waals surface area contributed by atoms with E-state index in [9.17, 15) is 14.4 Å². The van der Waals surface area contributed by atoms with Gasteiger partial charge in [-0.15, -0.1) is 11.3 Å². The molecule has 0 N–H and O–H groups in total. The maximum absolute atomic E-state index is 13.0. The van der Waals surface area contributed by atoms with Crippen LogP contribution in [0.4, 0.5) is 0 Å². The van der Waals surface area contributed by atoms with E-state index in [1.807, 2.05) is 6.92 Å². The predicted octanol–water partition coefficient (Wildman–Crippen LogP) is 3.77. The van der Waals surface area contributed by atoms with Gasteiger partial charge in [-0.25, -0.2) is 14.6 Å². The zero-order chi connectivity index (χ0) is 20.3. The summed E-state index contributed by atoms with van der Waals surface area (Å²) < 4.78 is 12.0. The number of aromatic nitrogens is 2. The van der Waals surface area contributed by atoms with Gasteiger partial charge < -0.3 is 9.47 Å². The van der Waals surface area contributed by atoms with Crippen LogP contribution in [0.3, 0.4) is 0 Å². The lowest BCUT2D eigenvalue weighted by Crippen LogP contribution is -2.29. The Kier molecular flexibility index (Phi) is 6.49. The van der Waals surface area contributed by atoms with E-state index >= 15 is 0 Å². The summed E-state index contributed by atoms with van der Waals surface area (Å²) in [5.74, 6) is -0.872. The number of fused-ring (bicyclic) bond motifs is 1. The van der Waals surface area contributed by atoms with E-state index in [1.54, 1.807) is 13.8 Å². The first kappa shape index (κ1) is 20.5. The molecular weight excluding hydrogens is 380 g/mol. The lowest BCUT2D eigenvalue weighted by atomic mass is 9.98. The van der Waals surface area contributed by atoms with Crippen LogP contribution in [-0.4, -0.2) is 34.2 Å². The summed E-state index contributed by atoms with van der Waals surface area (Å²) in [5, 5.41) is 0.359. The summed E-state index contributed by atoms with van der Waals surface area (Å²) in [7, 11) is 0. The minimum Gasteiger partial charge on any atom is -0.464 e. The van der Waals surface area contributed by atoms with E-state index in [2.05, 4.69) is 4.98 Å². The topological polar surface area (TPSA) is 87.5 Å². The average Bonchev–Trinajstić information content (AvgIpc) is 3.04. The van der Waals surface area contributed by atoms with E-state index < -0.39 is 18.0 Å². The molecule has 1 atom stereocenters. The monoisotopic (exact) mass is 406 g/mol. The van der Waals surface area contributed by atoms with Gasteiger partial charge in [-0.3, -0.25) is 9.36 Å². The molecule has 1 unspecified atom stereocenters. The van der Waals surface area contributed by atoms with Crippen molar-refractivity contribution in [3.8, 4) is 0 Å². The third-order valence-corrected chi connectivity index (χ3v) is 6.27. The van der Waals surface area contributed by atoms with Gasteiger partial charge in [0.1, 0.15) is 21.9 Å². The number of hydrogen-bond acceptors (Lipinski definition) is 7. The number of carbonyl (C=O) groups is 2. The maximum atomic E-state index is 13.0. The lowest BCUT2D eigenvalue weighted by molar-refractivity contribution is -0.147. The molecular formula is C20H26N2O5S. The number of ether oxygens (including phenoxy) is 2. The predicted molar refractivity (Wildman–Crippen MR) is 107 cm³/mol. The number of hydrogen-bond donors (Lipinski definition) is 0. The standard InChI is InChI=1S/C20H26N2O5S/c1-4-10-26-19(24)13(3)22-11-21-17-15(18(22)23)12(2)16(28-17)20(25)27-14-8-6-5-7-9-14/h11,13-14H,4-10H2,1-3H3. The molecule has 2 heterocycles. The first-order valence-electron chi connectivity index (χ1n) is 9.81. The highest BCUT2D eigenvalue weighted by Crippen LogP contribution is 2.29. The second-order valence-corrected chi connectivity index (χ2v) is 8.20. The molecule has 7 nitrogen and oxygen atoms in total. The highest BCUT2D eigenvalue weighted by molar-refractivity contribution is 7.20. The Morgan fingerprint density at radius 3 is 2.71 bits per heavy atom. The average molecular weight is 407 g/mol. The second-order valence-electron chi connectivity index (χ2n) is 7.20. The maximum Gasteiger partial charge on any atom is 0.348 e. The molecule has 1 aliphatic carbocycles. The summed E-state index contributed by atoms with van der Waals surface area (Å²) in [5.41, 5.74) is 0.207. The van der Waals surface area contributed by atoms with E-state index in [1.165, 1.54) is 17.3 Å². The molecule has 1 fully saturated rings. The Labute approximate surface area is 167 Å². The van der Waals surface area contributed by atoms with Crippen molar-refractivity contribution in [2.75, 3.05) is 6.61 Å². The van der Waals surface area contributed by atoms with Gasteiger partial charge in [-0.2, -0.15) is 0 Å². The summed E-state index contributed by atoms with van der Waals surface area (Å²) in [6, 6.07) is -0.784. The Morgan fingerprint density at radius 2 is 2.04 bits per heavy atom. The van der Waals surface area contributed by atoms with Crippen LogP contribution in [0.15, 0.2) is 11.1 Å². The summed E-state index contributed by atoms with van der Waals surface area (Å²) >= 11 is 1.16. The molecule has 0 bridgehead atoms. The number of nitrogens with zero attached hydrogens (tertiary/aromatic N) is 2. The molecule has 0 saturated heterocycles. The van der Waals surface area contributed by atoms with E-state index in [0.717, 1.165) is 37.0 Å². The third kappa shape index (κ3) is 4.11. The molecule has 0 amide bonds. The molecule has 2 aromatic rings. The third-order valence-electron chi connectivity index (χ3n) is 5.09. The van der Waals surface area contributed by atoms with E-state index in [-0.39, 0.29) is 11.7 Å². The Balaban J connectivity index is 1.88. The molecule has 8 heteroatoms. The van der Waals surface area contributed by atoms with Crippen molar-refractivity contribution in [1.82, 2.24) is 9.55 Å². The second kappa shape index (κ2) is 8.86. The van der Waals surface area contributed by atoms with Gasteiger partial charge in [0.2, 0.25) is 0 Å². The lowest BCUT2D eigenvalue weighted by Gasteiger charge is -2.21. The summed E-state index contributed by atoms with van der Waals surface area (Å²) in [6.45, 7) is 5.54. The van der Waals surface area contributed by atoms with Crippen molar-refractivity contribution in [1.29, 1.82) is 0 Å². The van der Waals surface area contributed by atoms with Crippen LogP contribution in [0.1, 0.15) is 73.6 Å². The van der Waals surface area contributed by atoms with Gasteiger partial charge in [0.05, 0.1) is 18.3 Å². The Bertz CT molecular complexity index is 927. The van der Waals surface area contributed by atoms with Crippen molar-refractivity contribution in [3.63, 3.8) is 0 Å². The van der Waals surface area contributed by atoms with Crippen LogP contribution in [0.5, 0.6) is 0 Å². The summed E-state index contributed by atoms with van der Waals surface area (Å²) in [6.07, 6.45) is 7.09. The molecule has 1 aliphatic rings. The highest BCUT2D eigenvalue weighted by atomic mass is 32.1. The molecule has 1 saturated carbocycles. The van der Waals surface area contributed by atoms with Crippen molar-refractivity contribution in [2.24, 2.45) is 0 Å². The molecule has 0 aliphatic heterocycles. The highest BCUT2D eigenvalue weighted by Gasteiger charge is 2.26. The summed E-state index contributed by atoms with van der Waals surface area (Å²) in [4.78, 5) is 42.9. The minimum absolute atomic E-state index is 0.0520. The SMILES string of the molecule is CCCOC(=O)C(C)n1cnc2sc(C(=O)OC3CCCCC3)c(C)c2c1=O. The minimum atomic E-state index is -0.784. The van der Waals surface area contributed by atoms with Crippen LogP contribution in [0.2, 0.25) is 0 Å². The van der Waals surface area contributed by atoms with Crippen LogP contribution in [0.25, 0.3) is 10.2 Å². The number of thiophene rings is 1.